The maximum Gasteiger partial charge on any atom is 0.255 e. The summed E-state index contributed by atoms with van der Waals surface area (Å²) in [5.74, 6) is -0.709. The van der Waals surface area contributed by atoms with E-state index in [-0.39, 0.29) is 18.1 Å². The molecule has 0 radical (unpaired) electrons. The summed E-state index contributed by atoms with van der Waals surface area (Å²) in [6.07, 6.45) is 8.14. The van der Waals surface area contributed by atoms with Crippen molar-refractivity contribution in [3.63, 3.8) is 0 Å². The first-order valence-electron chi connectivity index (χ1n) is 7.56. The minimum Gasteiger partial charge on any atom is -0.346 e. The van der Waals surface area contributed by atoms with Crippen LogP contribution in [-0.2, 0) is 6.54 Å². The smallest absolute Gasteiger partial charge is 0.255 e. The van der Waals surface area contributed by atoms with E-state index < -0.39 is 5.82 Å². The van der Waals surface area contributed by atoms with Crippen LogP contribution in [0.15, 0.2) is 55.2 Å². The fourth-order valence-electron chi connectivity index (χ4n) is 2.57. The van der Waals surface area contributed by atoms with Gasteiger partial charge in [-0.05, 0) is 24.3 Å². The topological polar surface area (TPSA) is 88.0 Å². The Morgan fingerprint density at radius 2 is 2.20 bits per heavy atom. The second-order valence-electron chi connectivity index (χ2n) is 5.40. The molecule has 124 valence electrons. The minimum atomic E-state index is -0.409. The van der Waals surface area contributed by atoms with E-state index in [1.165, 1.54) is 12.3 Å². The molecule has 0 aliphatic rings. The van der Waals surface area contributed by atoms with Crippen molar-refractivity contribution >= 4 is 11.6 Å². The summed E-state index contributed by atoms with van der Waals surface area (Å²) < 4.78 is 15.3. The zero-order valence-corrected chi connectivity index (χ0v) is 13.0. The van der Waals surface area contributed by atoms with Crippen molar-refractivity contribution in [2.45, 2.75) is 6.54 Å². The second-order valence-corrected chi connectivity index (χ2v) is 5.40. The fraction of sp³-hybridized carbons (Fsp3) is 0.0588. The van der Waals surface area contributed by atoms with E-state index >= 15 is 0 Å². The number of hydrogen-bond donors (Lipinski definition) is 2. The van der Waals surface area contributed by atoms with E-state index in [2.05, 4.69) is 25.5 Å². The number of nitrogens with one attached hydrogen (secondary N) is 2. The molecule has 4 aromatic rings. The molecule has 0 spiro atoms. The molecule has 8 heteroatoms. The molecule has 0 aliphatic carbocycles. The Labute approximate surface area is 141 Å². The molecule has 7 nitrogen and oxygen atoms in total. The van der Waals surface area contributed by atoms with Gasteiger partial charge in [0.1, 0.15) is 0 Å². The molecule has 25 heavy (non-hydrogen) atoms. The molecule has 2 N–H and O–H groups in total. The van der Waals surface area contributed by atoms with Crippen LogP contribution in [0.4, 0.5) is 4.39 Å². The van der Waals surface area contributed by atoms with Crippen molar-refractivity contribution in [3.8, 4) is 11.3 Å². The number of imidazole rings is 1. The SMILES string of the molecule is O=C(NCc1cn2cccc(F)c2n1)c1cn[nH]c1-c1cccnc1. The predicted molar refractivity (Wildman–Crippen MR) is 88.1 cm³/mol. The zero-order valence-electron chi connectivity index (χ0n) is 13.0. The number of hydrogen-bond acceptors (Lipinski definition) is 4. The van der Waals surface area contributed by atoms with E-state index in [0.717, 1.165) is 5.56 Å². The van der Waals surface area contributed by atoms with Crippen LogP contribution >= 0.6 is 0 Å². The normalized spacial score (nSPS) is 10.9. The maximum absolute atomic E-state index is 13.7. The number of fused-ring (bicyclic) bond motifs is 1. The summed E-state index contributed by atoms with van der Waals surface area (Å²) in [6.45, 7) is 0.178. The number of carbonyl (C=O) groups excluding carboxylic acids is 1. The van der Waals surface area contributed by atoms with Gasteiger partial charge in [0, 0.05) is 30.4 Å². The molecule has 0 atom stereocenters. The molecule has 0 unspecified atom stereocenters. The highest BCUT2D eigenvalue weighted by Crippen LogP contribution is 2.19. The Kier molecular flexibility index (Phi) is 3.70. The summed E-state index contributed by atoms with van der Waals surface area (Å²) >= 11 is 0. The molecule has 4 rings (SSSR count). The lowest BCUT2D eigenvalue weighted by atomic mass is 10.1. The highest BCUT2D eigenvalue weighted by Gasteiger charge is 2.16. The number of nitrogens with zero attached hydrogens (tertiary/aromatic N) is 4. The van der Waals surface area contributed by atoms with Gasteiger partial charge in [-0.3, -0.25) is 14.9 Å². The molecule has 0 aromatic carbocycles. The standard InChI is InChI=1S/C17H13FN6O/c18-14-4-2-6-24-10-12(22-16(14)24)8-20-17(25)13-9-21-23-15(13)11-3-1-5-19-7-11/h1-7,9-10H,8H2,(H,20,25)(H,21,23). The third-order valence-electron chi connectivity index (χ3n) is 3.75. The Balaban J connectivity index is 1.53. The average Bonchev–Trinajstić information content (AvgIpc) is 3.28. The molecule has 0 saturated heterocycles. The first kappa shape index (κ1) is 15.0. The average molecular weight is 336 g/mol. The first-order chi connectivity index (χ1) is 12.2. The summed E-state index contributed by atoms with van der Waals surface area (Å²) in [5.41, 5.74) is 2.55. The van der Waals surface area contributed by atoms with Crippen molar-refractivity contribution in [2.75, 3.05) is 0 Å². The summed E-state index contributed by atoms with van der Waals surface area (Å²) in [4.78, 5) is 20.7. The van der Waals surface area contributed by atoms with Gasteiger partial charge in [0.05, 0.1) is 29.7 Å². The van der Waals surface area contributed by atoms with Crippen LogP contribution in [-0.4, -0.2) is 30.5 Å². The van der Waals surface area contributed by atoms with Gasteiger partial charge in [-0.25, -0.2) is 9.37 Å². The minimum absolute atomic E-state index is 0.178. The van der Waals surface area contributed by atoms with E-state index in [0.29, 0.717) is 17.0 Å². The van der Waals surface area contributed by atoms with Crippen LogP contribution in [0.5, 0.6) is 0 Å². The third-order valence-corrected chi connectivity index (χ3v) is 3.75. The Morgan fingerprint density at radius 1 is 1.28 bits per heavy atom. The molecule has 0 saturated carbocycles. The van der Waals surface area contributed by atoms with Gasteiger partial charge in [-0.1, -0.05) is 0 Å². The summed E-state index contributed by atoms with van der Waals surface area (Å²) in [5, 5.41) is 9.52. The number of pyridine rings is 2. The largest absolute Gasteiger partial charge is 0.346 e. The maximum atomic E-state index is 13.7. The number of H-pyrrole nitrogens is 1. The molecule has 1 amide bonds. The van der Waals surface area contributed by atoms with Gasteiger partial charge < -0.3 is 9.72 Å². The van der Waals surface area contributed by atoms with Gasteiger partial charge in [0.15, 0.2) is 11.5 Å². The Bertz CT molecular complexity index is 1040. The number of aromatic nitrogens is 5. The quantitative estimate of drug-likeness (QED) is 0.598. The van der Waals surface area contributed by atoms with Crippen LogP contribution in [0.2, 0.25) is 0 Å². The van der Waals surface area contributed by atoms with Crippen molar-refractivity contribution in [1.29, 1.82) is 0 Å². The van der Waals surface area contributed by atoms with Crippen molar-refractivity contribution in [2.24, 2.45) is 0 Å². The second kappa shape index (κ2) is 6.16. The predicted octanol–water partition coefficient (Wildman–Crippen LogP) is 2.19. The van der Waals surface area contributed by atoms with Crippen molar-refractivity contribution in [3.05, 3.63) is 72.3 Å². The number of halogens is 1. The van der Waals surface area contributed by atoms with E-state index in [1.807, 2.05) is 6.07 Å². The Morgan fingerprint density at radius 3 is 3.00 bits per heavy atom. The number of aromatic amines is 1. The molecule has 4 aromatic heterocycles. The number of amides is 1. The van der Waals surface area contributed by atoms with Crippen LogP contribution in [0, 0.1) is 5.82 Å². The highest BCUT2D eigenvalue weighted by molar-refractivity contribution is 5.99. The third kappa shape index (κ3) is 2.85. The molecule has 4 heterocycles. The van der Waals surface area contributed by atoms with Gasteiger partial charge in [-0.2, -0.15) is 5.10 Å². The van der Waals surface area contributed by atoms with Gasteiger partial charge in [0.25, 0.3) is 5.91 Å². The van der Waals surface area contributed by atoms with Gasteiger partial charge >= 0.3 is 0 Å². The van der Waals surface area contributed by atoms with E-state index in [9.17, 15) is 9.18 Å². The van der Waals surface area contributed by atoms with Crippen LogP contribution in [0.1, 0.15) is 16.1 Å². The molecule has 0 bridgehead atoms. The molecule has 0 aliphatic heterocycles. The van der Waals surface area contributed by atoms with Crippen LogP contribution < -0.4 is 5.32 Å². The fourth-order valence-corrected chi connectivity index (χ4v) is 2.57. The van der Waals surface area contributed by atoms with Crippen LogP contribution in [0.25, 0.3) is 16.9 Å². The lowest BCUT2D eigenvalue weighted by Crippen LogP contribution is -2.23. The van der Waals surface area contributed by atoms with E-state index in [1.54, 1.807) is 41.3 Å². The molecular formula is C17H13FN6O. The van der Waals surface area contributed by atoms with Crippen molar-refractivity contribution < 1.29 is 9.18 Å². The first-order valence-corrected chi connectivity index (χ1v) is 7.56. The lowest BCUT2D eigenvalue weighted by molar-refractivity contribution is 0.0951. The summed E-state index contributed by atoms with van der Waals surface area (Å²) in [7, 11) is 0. The van der Waals surface area contributed by atoms with Crippen molar-refractivity contribution in [1.82, 2.24) is 29.9 Å². The number of rotatable bonds is 4. The van der Waals surface area contributed by atoms with Gasteiger partial charge in [-0.15, -0.1) is 0 Å². The molecular weight excluding hydrogens is 323 g/mol. The zero-order chi connectivity index (χ0) is 17.2. The van der Waals surface area contributed by atoms with Gasteiger partial charge in [0.2, 0.25) is 0 Å². The lowest BCUT2D eigenvalue weighted by Gasteiger charge is -2.04. The summed E-state index contributed by atoms with van der Waals surface area (Å²) in [6, 6.07) is 6.56. The number of carbonyl (C=O) groups is 1. The van der Waals surface area contributed by atoms with E-state index in [4.69, 9.17) is 0 Å². The Hall–Kier alpha value is -3.55. The molecule has 0 fully saturated rings. The highest BCUT2D eigenvalue weighted by atomic mass is 19.1. The monoisotopic (exact) mass is 336 g/mol. The van der Waals surface area contributed by atoms with Crippen LogP contribution in [0.3, 0.4) is 0 Å².